The fourth-order valence-corrected chi connectivity index (χ4v) is 2.27. The molecule has 0 saturated carbocycles. The van der Waals surface area contributed by atoms with Crippen LogP contribution in [0.15, 0.2) is 0 Å². The van der Waals surface area contributed by atoms with Gasteiger partial charge in [-0.3, -0.25) is 0 Å². The quantitative estimate of drug-likeness (QED) is 0.560. The predicted molar refractivity (Wildman–Crippen MR) is 79.5 cm³/mol. The summed E-state index contributed by atoms with van der Waals surface area (Å²) >= 11 is 0. The summed E-state index contributed by atoms with van der Waals surface area (Å²) in [5.41, 5.74) is 0.504. The molecule has 1 N–H and O–H groups in total. The summed E-state index contributed by atoms with van der Waals surface area (Å²) < 4.78 is 0. The van der Waals surface area contributed by atoms with Gasteiger partial charge in [-0.15, -0.1) is 0 Å². The van der Waals surface area contributed by atoms with E-state index in [0.29, 0.717) is 5.41 Å². The lowest BCUT2D eigenvalue weighted by Crippen LogP contribution is -2.31. The van der Waals surface area contributed by atoms with Gasteiger partial charge in [-0.05, 0) is 43.6 Å². The highest BCUT2D eigenvalue weighted by molar-refractivity contribution is 4.69. The Labute approximate surface area is 110 Å². The summed E-state index contributed by atoms with van der Waals surface area (Å²) in [5.74, 6) is 0.812. The van der Waals surface area contributed by atoms with Crippen LogP contribution in [0.4, 0.5) is 0 Å². The second-order valence-electron chi connectivity index (χ2n) is 7.09. The van der Waals surface area contributed by atoms with Crippen molar-refractivity contribution in [3.8, 4) is 0 Å². The van der Waals surface area contributed by atoms with Gasteiger partial charge < -0.3 is 5.32 Å². The lowest BCUT2D eigenvalue weighted by Gasteiger charge is -2.22. The predicted octanol–water partition coefficient (Wildman–Crippen LogP) is 5.01. The van der Waals surface area contributed by atoms with Crippen molar-refractivity contribution in [1.82, 2.24) is 5.32 Å². The molecule has 0 aromatic carbocycles. The van der Waals surface area contributed by atoms with Crippen LogP contribution in [-0.4, -0.2) is 12.6 Å². The average Bonchev–Trinajstić information content (AvgIpc) is 2.18. The van der Waals surface area contributed by atoms with Gasteiger partial charge in [0.1, 0.15) is 0 Å². The van der Waals surface area contributed by atoms with Crippen molar-refractivity contribution in [2.24, 2.45) is 11.3 Å². The Hall–Kier alpha value is -0.0400. The summed E-state index contributed by atoms with van der Waals surface area (Å²) in [4.78, 5) is 0. The van der Waals surface area contributed by atoms with Gasteiger partial charge >= 0.3 is 0 Å². The van der Waals surface area contributed by atoms with Gasteiger partial charge in [0.05, 0.1) is 0 Å². The first-order chi connectivity index (χ1) is 7.85. The van der Waals surface area contributed by atoms with Gasteiger partial charge in [-0.2, -0.15) is 0 Å². The van der Waals surface area contributed by atoms with Crippen LogP contribution in [0, 0.1) is 11.3 Å². The highest BCUT2D eigenvalue weighted by Gasteiger charge is 2.12. The van der Waals surface area contributed by atoms with Crippen molar-refractivity contribution in [3.05, 3.63) is 0 Å². The topological polar surface area (TPSA) is 12.0 Å². The van der Waals surface area contributed by atoms with Crippen LogP contribution in [0.3, 0.4) is 0 Å². The van der Waals surface area contributed by atoms with E-state index in [4.69, 9.17) is 0 Å². The Balaban J connectivity index is 3.75. The van der Waals surface area contributed by atoms with Crippen LogP contribution in [0.2, 0.25) is 0 Å². The summed E-state index contributed by atoms with van der Waals surface area (Å²) in [5, 5.41) is 3.70. The number of hydrogen-bond donors (Lipinski definition) is 1. The largest absolute Gasteiger partial charge is 0.314 e. The lowest BCUT2D eigenvalue weighted by molar-refractivity contribution is 0.337. The molecule has 0 spiro atoms. The first-order valence-electron chi connectivity index (χ1n) is 7.58. The van der Waals surface area contributed by atoms with E-state index in [1.54, 1.807) is 0 Å². The maximum Gasteiger partial charge on any atom is 0.00694 e. The smallest absolute Gasteiger partial charge is 0.00694 e. The number of nitrogens with one attached hydrogen (secondary N) is 1. The molecule has 17 heavy (non-hydrogen) atoms. The minimum atomic E-state index is 0.504. The summed E-state index contributed by atoms with van der Waals surface area (Å²) in [6.45, 7) is 15.1. The molecule has 0 radical (unpaired) electrons. The molecule has 0 rings (SSSR count). The van der Waals surface area contributed by atoms with Crippen molar-refractivity contribution in [2.45, 2.75) is 86.1 Å². The summed E-state index contributed by atoms with van der Waals surface area (Å²) in [7, 11) is 0. The molecule has 0 aromatic rings. The van der Waals surface area contributed by atoms with Gasteiger partial charge in [-0.25, -0.2) is 0 Å². The zero-order valence-corrected chi connectivity index (χ0v) is 13.1. The van der Waals surface area contributed by atoms with Crippen LogP contribution in [-0.2, 0) is 0 Å². The first-order valence-corrected chi connectivity index (χ1v) is 7.58. The van der Waals surface area contributed by atoms with Gasteiger partial charge in [0, 0.05) is 6.04 Å². The van der Waals surface area contributed by atoms with E-state index in [1.807, 2.05) is 0 Å². The Morgan fingerprint density at radius 1 is 1.06 bits per heavy atom. The van der Waals surface area contributed by atoms with Crippen LogP contribution < -0.4 is 5.32 Å². The van der Waals surface area contributed by atoms with E-state index in [-0.39, 0.29) is 0 Å². The zero-order chi connectivity index (χ0) is 13.3. The maximum absolute atomic E-state index is 3.70. The molecule has 0 bridgehead atoms. The van der Waals surface area contributed by atoms with Gasteiger partial charge in [0.15, 0.2) is 0 Å². The molecule has 0 aliphatic rings. The minimum Gasteiger partial charge on any atom is -0.314 e. The number of unbranched alkanes of at least 4 members (excludes halogenated alkanes) is 1. The van der Waals surface area contributed by atoms with Crippen LogP contribution >= 0.6 is 0 Å². The molecule has 0 heterocycles. The van der Waals surface area contributed by atoms with Crippen molar-refractivity contribution >= 4 is 0 Å². The second kappa shape index (κ2) is 8.97. The maximum atomic E-state index is 3.70. The summed E-state index contributed by atoms with van der Waals surface area (Å²) in [6.07, 6.45) is 8.05. The molecular formula is C16H35N. The Bertz CT molecular complexity index is 167. The summed E-state index contributed by atoms with van der Waals surface area (Å²) in [6, 6.07) is 0.745. The van der Waals surface area contributed by atoms with E-state index in [1.165, 1.54) is 45.1 Å². The fourth-order valence-electron chi connectivity index (χ4n) is 2.27. The molecule has 1 unspecified atom stereocenters. The molecule has 1 nitrogen and oxygen atoms in total. The van der Waals surface area contributed by atoms with Gasteiger partial charge in [0.25, 0.3) is 0 Å². The highest BCUT2D eigenvalue weighted by Crippen LogP contribution is 2.23. The molecule has 0 aliphatic carbocycles. The van der Waals surface area contributed by atoms with Crippen molar-refractivity contribution in [3.63, 3.8) is 0 Å². The van der Waals surface area contributed by atoms with Crippen LogP contribution in [0.25, 0.3) is 0 Å². The molecule has 0 aliphatic heterocycles. The number of rotatable bonds is 9. The van der Waals surface area contributed by atoms with Gasteiger partial charge in [-0.1, -0.05) is 54.4 Å². The standard InChI is InChI=1S/C16H35N/c1-7-12-17-15(13-14(2)3)10-8-9-11-16(4,5)6/h14-15,17H,7-13H2,1-6H3. The zero-order valence-electron chi connectivity index (χ0n) is 13.1. The molecule has 0 saturated heterocycles. The van der Waals surface area contributed by atoms with Crippen molar-refractivity contribution < 1.29 is 0 Å². The molecule has 1 heteroatoms. The molecular weight excluding hydrogens is 206 g/mol. The lowest BCUT2D eigenvalue weighted by atomic mass is 9.88. The van der Waals surface area contributed by atoms with E-state index >= 15 is 0 Å². The highest BCUT2D eigenvalue weighted by atomic mass is 14.9. The molecule has 0 fully saturated rings. The molecule has 1 atom stereocenters. The Morgan fingerprint density at radius 2 is 1.71 bits per heavy atom. The third kappa shape index (κ3) is 12.2. The van der Waals surface area contributed by atoms with Crippen molar-refractivity contribution in [2.75, 3.05) is 6.54 Å². The Kier molecular flexibility index (Phi) is 8.94. The third-order valence-corrected chi connectivity index (χ3v) is 3.17. The number of hydrogen-bond acceptors (Lipinski definition) is 1. The normalized spacial score (nSPS) is 14.3. The van der Waals surface area contributed by atoms with E-state index in [2.05, 4.69) is 46.9 Å². The average molecular weight is 241 g/mol. The monoisotopic (exact) mass is 241 g/mol. The third-order valence-electron chi connectivity index (χ3n) is 3.17. The van der Waals surface area contributed by atoms with E-state index in [9.17, 15) is 0 Å². The molecule has 104 valence electrons. The minimum absolute atomic E-state index is 0.504. The van der Waals surface area contributed by atoms with E-state index < -0.39 is 0 Å². The fraction of sp³-hybridized carbons (Fsp3) is 1.00. The Morgan fingerprint density at radius 3 is 2.18 bits per heavy atom. The first kappa shape index (κ1) is 17.0. The van der Waals surface area contributed by atoms with Crippen molar-refractivity contribution in [1.29, 1.82) is 0 Å². The SMILES string of the molecule is CCCNC(CCCCC(C)(C)C)CC(C)C. The van der Waals surface area contributed by atoms with Crippen LogP contribution in [0.1, 0.15) is 80.1 Å². The van der Waals surface area contributed by atoms with E-state index in [0.717, 1.165) is 12.0 Å². The van der Waals surface area contributed by atoms with Crippen LogP contribution in [0.5, 0.6) is 0 Å². The molecule has 0 amide bonds. The second-order valence-corrected chi connectivity index (χ2v) is 7.09. The molecule has 0 aromatic heterocycles. The van der Waals surface area contributed by atoms with Gasteiger partial charge in [0.2, 0.25) is 0 Å².